The van der Waals surface area contributed by atoms with E-state index in [1.54, 1.807) is 66.9 Å². The maximum absolute atomic E-state index is 12.3. The molecule has 0 fully saturated rings. The number of fused-ring (bicyclic) bond motifs is 1. The number of carbonyl (C=O) groups is 1. The lowest BCUT2D eigenvalue weighted by molar-refractivity contribution is 0.261. The Bertz CT molecular complexity index is 1260. The summed E-state index contributed by atoms with van der Waals surface area (Å²) in [5.41, 5.74) is 1.94. The van der Waals surface area contributed by atoms with Crippen LogP contribution in [0.15, 0.2) is 83.8 Å². The number of amides is 2. The summed E-state index contributed by atoms with van der Waals surface area (Å²) in [7, 11) is 0. The third-order valence-electron chi connectivity index (χ3n) is 4.24. The van der Waals surface area contributed by atoms with E-state index < -0.39 is 6.03 Å². The molecule has 30 heavy (non-hydrogen) atoms. The van der Waals surface area contributed by atoms with E-state index in [0.717, 1.165) is 0 Å². The highest BCUT2D eigenvalue weighted by molar-refractivity contribution is 6.30. The molecule has 0 aliphatic heterocycles. The summed E-state index contributed by atoms with van der Waals surface area (Å²) in [5, 5.41) is 6.07. The number of pyridine rings is 1. The van der Waals surface area contributed by atoms with Crippen molar-refractivity contribution in [3.05, 3.63) is 100 Å². The maximum atomic E-state index is 12.3. The van der Waals surface area contributed by atoms with E-state index in [1.165, 1.54) is 10.5 Å². The molecule has 2 amide bonds. The number of halogens is 1. The fourth-order valence-electron chi connectivity index (χ4n) is 2.84. The first-order valence-electron chi connectivity index (χ1n) is 9.11. The van der Waals surface area contributed by atoms with Crippen molar-refractivity contribution in [2.45, 2.75) is 6.61 Å². The van der Waals surface area contributed by atoms with Gasteiger partial charge in [0.05, 0.1) is 11.4 Å². The van der Waals surface area contributed by atoms with Gasteiger partial charge in [-0.3, -0.25) is 9.20 Å². The molecule has 0 atom stereocenters. The highest BCUT2D eigenvalue weighted by Crippen LogP contribution is 2.25. The van der Waals surface area contributed by atoms with Crippen molar-refractivity contribution >= 4 is 34.7 Å². The number of hydrogen-bond donors (Lipinski definition) is 2. The third kappa shape index (κ3) is 4.59. The van der Waals surface area contributed by atoms with Crippen molar-refractivity contribution in [2.24, 2.45) is 0 Å². The van der Waals surface area contributed by atoms with Gasteiger partial charge in [-0.25, -0.2) is 9.78 Å². The van der Waals surface area contributed by atoms with Crippen molar-refractivity contribution < 1.29 is 9.53 Å². The first-order valence-corrected chi connectivity index (χ1v) is 9.49. The summed E-state index contributed by atoms with van der Waals surface area (Å²) in [6.07, 6.45) is 1.66. The zero-order valence-corrected chi connectivity index (χ0v) is 16.5. The highest BCUT2D eigenvalue weighted by atomic mass is 35.5. The Morgan fingerprint density at radius 3 is 2.60 bits per heavy atom. The van der Waals surface area contributed by atoms with Gasteiger partial charge in [0.1, 0.15) is 18.0 Å². The maximum Gasteiger partial charge on any atom is 0.323 e. The Hall–Kier alpha value is -3.84. The summed E-state index contributed by atoms with van der Waals surface area (Å²) in [5.74, 6) is 0.457. The number of carbonyl (C=O) groups excluding carboxylic acids is 1. The van der Waals surface area contributed by atoms with Crippen molar-refractivity contribution in [2.75, 3.05) is 10.6 Å². The van der Waals surface area contributed by atoms with Crippen LogP contribution in [-0.2, 0) is 6.61 Å². The minimum Gasteiger partial charge on any atom is -0.485 e. The number of urea groups is 1. The number of rotatable bonds is 5. The molecule has 0 bridgehead atoms. The van der Waals surface area contributed by atoms with Gasteiger partial charge in [-0.05, 0) is 48.5 Å². The zero-order chi connectivity index (χ0) is 20.9. The van der Waals surface area contributed by atoms with Crippen LogP contribution < -0.4 is 20.9 Å². The normalized spacial score (nSPS) is 10.6. The third-order valence-corrected chi connectivity index (χ3v) is 4.49. The smallest absolute Gasteiger partial charge is 0.323 e. The number of anilines is 2. The van der Waals surface area contributed by atoms with Gasteiger partial charge in [-0.1, -0.05) is 29.8 Å². The zero-order valence-electron chi connectivity index (χ0n) is 15.7. The Morgan fingerprint density at radius 1 is 1.00 bits per heavy atom. The number of nitrogens with one attached hydrogen (secondary N) is 2. The Kier molecular flexibility index (Phi) is 5.63. The quantitative estimate of drug-likeness (QED) is 0.495. The molecule has 4 rings (SSSR count). The van der Waals surface area contributed by atoms with E-state index in [1.807, 2.05) is 6.07 Å². The average Bonchev–Trinajstić information content (AvgIpc) is 2.75. The second-order valence-electron chi connectivity index (χ2n) is 6.39. The molecular weight excluding hydrogens is 404 g/mol. The van der Waals surface area contributed by atoms with Crippen LogP contribution in [0.2, 0.25) is 5.02 Å². The second-order valence-corrected chi connectivity index (χ2v) is 6.82. The van der Waals surface area contributed by atoms with Crippen LogP contribution in [0.1, 0.15) is 5.69 Å². The van der Waals surface area contributed by atoms with E-state index >= 15 is 0 Å². The van der Waals surface area contributed by atoms with Gasteiger partial charge >= 0.3 is 6.03 Å². The van der Waals surface area contributed by atoms with Crippen molar-refractivity contribution in [1.82, 2.24) is 9.38 Å². The van der Waals surface area contributed by atoms with Gasteiger partial charge < -0.3 is 15.4 Å². The fourth-order valence-corrected chi connectivity index (χ4v) is 2.97. The summed E-state index contributed by atoms with van der Waals surface area (Å²) in [6.45, 7) is 0.0815. The van der Waals surface area contributed by atoms with Crippen LogP contribution in [0.4, 0.5) is 16.2 Å². The number of hydrogen-bond acceptors (Lipinski definition) is 4. The van der Waals surface area contributed by atoms with Crippen LogP contribution in [0.25, 0.3) is 5.65 Å². The standard InChI is InChI=1S/C22H17ClN4O3/c23-15-8-10-16(11-9-15)25-22(29)26-18-5-1-2-6-19(18)30-14-17-13-21(28)27-12-4-3-7-20(27)24-17/h1-13H,14H2,(H2,25,26,29). The van der Waals surface area contributed by atoms with E-state index in [9.17, 15) is 9.59 Å². The lowest BCUT2D eigenvalue weighted by Crippen LogP contribution is -2.20. The topological polar surface area (TPSA) is 84.7 Å². The van der Waals surface area contributed by atoms with Crippen LogP contribution >= 0.6 is 11.6 Å². The van der Waals surface area contributed by atoms with Gasteiger partial charge in [0.25, 0.3) is 5.56 Å². The number of benzene rings is 2. The molecule has 2 heterocycles. The minimum atomic E-state index is -0.421. The molecule has 2 aromatic carbocycles. The van der Waals surface area contributed by atoms with Crippen LogP contribution in [0, 0.1) is 0 Å². The predicted octanol–water partition coefficient (Wildman–Crippen LogP) is 4.57. The summed E-state index contributed by atoms with van der Waals surface area (Å²) in [4.78, 5) is 29.0. The SMILES string of the molecule is O=C(Nc1ccc(Cl)cc1)Nc1ccccc1OCc1cc(=O)n2ccccc2n1. The first-order chi connectivity index (χ1) is 14.6. The monoisotopic (exact) mass is 420 g/mol. The first kappa shape index (κ1) is 19.5. The molecule has 0 saturated heterocycles. The molecule has 0 spiro atoms. The molecular formula is C22H17ClN4O3. The highest BCUT2D eigenvalue weighted by Gasteiger charge is 2.09. The van der Waals surface area contributed by atoms with Crippen molar-refractivity contribution in [3.63, 3.8) is 0 Å². The average molecular weight is 421 g/mol. The number of nitrogens with zero attached hydrogens (tertiary/aromatic N) is 2. The molecule has 0 aliphatic rings. The molecule has 0 aliphatic carbocycles. The Labute approximate surface area is 176 Å². The summed E-state index contributed by atoms with van der Waals surface area (Å²) in [6, 6.07) is 20.1. The molecule has 2 N–H and O–H groups in total. The van der Waals surface area contributed by atoms with Crippen LogP contribution in [-0.4, -0.2) is 15.4 Å². The fraction of sp³-hybridized carbons (Fsp3) is 0.0455. The van der Waals surface area contributed by atoms with Crippen LogP contribution in [0.3, 0.4) is 0 Å². The van der Waals surface area contributed by atoms with Gasteiger partial charge in [0.2, 0.25) is 0 Å². The summed E-state index contributed by atoms with van der Waals surface area (Å²) >= 11 is 5.86. The van der Waals surface area contributed by atoms with Gasteiger partial charge in [0, 0.05) is 23.0 Å². The Balaban J connectivity index is 1.46. The van der Waals surface area contributed by atoms with E-state index in [-0.39, 0.29) is 12.2 Å². The van der Waals surface area contributed by atoms with Gasteiger partial charge in [-0.15, -0.1) is 0 Å². The molecule has 7 nitrogen and oxygen atoms in total. The van der Waals surface area contributed by atoms with E-state index in [4.69, 9.17) is 16.3 Å². The molecule has 4 aromatic rings. The molecule has 0 radical (unpaired) electrons. The molecule has 2 aromatic heterocycles. The number of ether oxygens (including phenoxy) is 1. The van der Waals surface area contributed by atoms with E-state index in [2.05, 4.69) is 15.6 Å². The second kappa shape index (κ2) is 8.67. The molecule has 0 unspecified atom stereocenters. The van der Waals surface area contributed by atoms with Gasteiger partial charge in [-0.2, -0.15) is 0 Å². The lowest BCUT2D eigenvalue weighted by atomic mass is 10.3. The van der Waals surface area contributed by atoms with Crippen molar-refractivity contribution in [1.29, 1.82) is 0 Å². The minimum absolute atomic E-state index is 0.0815. The molecule has 150 valence electrons. The molecule has 0 saturated carbocycles. The number of para-hydroxylation sites is 2. The Morgan fingerprint density at radius 2 is 1.77 bits per heavy atom. The predicted molar refractivity (Wildman–Crippen MR) is 116 cm³/mol. The van der Waals surface area contributed by atoms with E-state index in [0.29, 0.717) is 33.5 Å². The summed E-state index contributed by atoms with van der Waals surface area (Å²) < 4.78 is 7.28. The number of aromatic nitrogens is 2. The lowest BCUT2D eigenvalue weighted by Gasteiger charge is -2.13. The largest absolute Gasteiger partial charge is 0.485 e. The van der Waals surface area contributed by atoms with Crippen molar-refractivity contribution in [3.8, 4) is 5.75 Å². The van der Waals surface area contributed by atoms with Gasteiger partial charge in [0.15, 0.2) is 0 Å². The molecule has 8 heteroatoms. The van der Waals surface area contributed by atoms with Crippen LogP contribution in [0.5, 0.6) is 5.75 Å².